The first-order valence-electron chi connectivity index (χ1n) is 11.0. The Morgan fingerprint density at radius 1 is 0.722 bits per heavy atom. The number of benzene rings is 3. The van der Waals surface area contributed by atoms with Crippen LogP contribution in [0.3, 0.4) is 0 Å². The van der Waals surface area contributed by atoms with Crippen molar-refractivity contribution in [2.45, 2.75) is 24.5 Å². The van der Waals surface area contributed by atoms with Crippen molar-refractivity contribution in [1.29, 1.82) is 0 Å². The summed E-state index contributed by atoms with van der Waals surface area (Å²) < 4.78 is 22.3. The summed E-state index contributed by atoms with van der Waals surface area (Å²) in [5, 5.41) is 3.57. The molecular formula is C26H21N3O7. The van der Waals surface area contributed by atoms with Crippen molar-refractivity contribution in [1.82, 2.24) is 0 Å². The van der Waals surface area contributed by atoms with Crippen LogP contribution < -0.4 is 0 Å². The van der Waals surface area contributed by atoms with Crippen LogP contribution in [0.2, 0.25) is 0 Å². The quantitative estimate of drug-likeness (QED) is 0.152. The molecule has 0 radical (unpaired) electrons. The van der Waals surface area contributed by atoms with Gasteiger partial charge >= 0.3 is 17.9 Å². The number of esters is 3. The zero-order valence-corrected chi connectivity index (χ0v) is 18.9. The summed E-state index contributed by atoms with van der Waals surface area (Å²) in [6.45, 7) is -0.350. The van der Waals surface area contributed by atoms with E-state index < -0.39 is 42.4 Å². The third kappa shape index (κ3) is 5.87. The van der Waals surface area contributed by atoms with Gasteiger partial charge in [-0.15, -0.1) is 0 Å². The van der Waals surface area contributed by atoms with Crippen LogP contribution in [-0.4, -0.2) is 49.1 Å². The SMILES string of the molecule is [N-]=[N+]=N[C@H]1O[C@@H](COC(=O)c2ccccc2)[C@H](OC(=O)c2ccccc2)[C@@H]1OC(=O)c1ccccc1. The molecule has 1 heterocycles. The molecule has 10 heteroatoms. The summed E-state index contributed by atoms with van der Waals surface area (Å²) in [6, 6.07) is 24.6. The molecule has 1 aliphatic heterocycles. The average Bonchev–Trinajstić information content (AvgIpc) is 3.24. The van der Waals surface area contributed by atoms with E-state index in [0.717, 1.165) is 0 Å². The van der Waals surface area contributed by atoms with Gasteiger partial charge in [-0.25, -0.2) is 14.4 Å². The highest BCUT2D eigenvalue weighted by atomic mass is 16.7. The lowest BCUT2D eigenvalue weighted by Gasteiger charge is -2.23. The molecule has 0 unspecified atom stereocenters. The van der Waals surface area contributed by atoms with E-state index in [1.165, 1.54) is 0 Å². The second-order valence-electron chi connectivity index (χ2n) is 7.71. The summed E-state index contributed by atoms with van der Waals surface area (Å²) in [5.41, 5.74) is 9.84. The van der Waals surface area contributed by atoms with Crippen molar-refractivity contribution in [3.05, 3.63) is 118 Å². The summed E-state index contributed by atoms with van der Waals surface area (Å²) in [7, 11) is 0. The van der Waals surface area contributed by atoms with Crippen LogP contribution in [0.4, 0.5) is 0 Å². The van der Waals surface area contributed by atoms with E-state index in [1.807, 2.05) is 0 Å². The highest BCUT2D eigenvalue weighted by Crippen LogP contribution is 2.30. The van der Waals surface area contributed by atoms with Crippen molar-refractivity contribution < 1.29 is 33.3 Å². The Morgan fingerprint density at radius 3 is 1.64 bits per heavy atom. The largest absolute Gasteiger partial charge is 0.459 e. The number of carbonyl (C=O) groups is 3. The fraction of sp³-hybridized carbons (Fsp3) is 0.192. The third-order valence-electron chi connectivity index (χ3n) is 5.34. The van der Waals surface area contributed by atoms with Crippen LogP contribution >= 0.6 is 0 Å². The first-order valence-corrected chi connectivity index (χ1v) is 11.0. The maximum atomic E-state index is 12.8. The van der Waals surface area contributed by atoms with E-state index in [2.05, 4.69) is 10.0 Å². The van der Waals surface area contributed by atoms with Crippen LogP contribution in [0, 0.1) is 0 Å². The van der Waals surface area contributed by atoms with E-state index in [0.29, 0.717) is 5.56 Å². The summed E-state index contributed by atoms with van der Waals surface area (Å²) in [4.78, 5) is 40.8. The number of ether oxygens (including phenoxy) is 4. The fourth-order valence-electron chi connectivity index (χ4n) is 3.60. The molecule has 10 nitrogen and oxygen atoms in total. The molecule has 182 valence electrons. The Labute approximate surface area is 206 Å². The second-order valence-corrected chi connectivity index (χ2v) is 7.71. The lowest BCUT2D eigenvalue weighted by atomic mass is 10.1. The van der Waals surface area contributed by atoms with Gasteiger partial charge in [0, 0.05) is 4.91 Å². The molecule has 1 saturated heterocycles. The lowest BCUT2D eigenvalue weighted by Crippen LogP contribution is -2.41. The minimum atomic E-state index is -1.32. The molecule has 0 saturated carbocycles. The van der Waals surface area contributed by atoms with Gasteiger partial charge in [-0.1, -0.05) is 59.7 Å². The number of carbonyl (C=O) groups excluding carboxylic acids is 3. The number of nitrogens with zero attached hydrogens (tertiary/aromatic N) is 3. The normalized spacial score (nSPS) is 20.6. The number of hydrogen-bond donors (Lipinski definition) is 0. The highest BCUT2D eigenvalue weighted by Gasteiger charge is 2.50. The average molecular weight is 487 g/mol. The highest BCUT2D eigenvalue weighted by molar-refractivity contribution is 5.91. The van der Waals surface area contributed by atoms with Crippen LogP contribution in [-0.2, 0) is 18.9 Å². The van der Waals surface area contributed by atoms with Gasteiger partial charge < -0.3 is 18.9 Å². The van der Waals surface area contributed by atoms with Gasteiger partial charge in [0.1, 0.15) is 12.7 Å². The first kappa shape index (κ1) is 24.5. The van der Waals surface area contributed by atoms with Crippen LogP contribution in [0.5, 0.6) is 0 Å². The Balaban J connectivity index is 1.58. The van der Waals surface area contributed by atoms with E-state index in [1.54, 1.807) is 91.0 Å². The molecule has 4 atom stereocenters. The molecule has 0 aromatic heterocycles. The Morgan fingerprint density at radius 2 is 1.17 bits per heavy atom. The monoisotopic (exact) mass is 487 g/mol. The summed E-state index contributed by atoms with van der Waals surface area (Å²) in [5.74, 6) is -2.08. The third-order valence-corrected chi connectivity index (χ3v) is 5.34. The topological polar surface area (TPSA) is 137 Å². The molecule has 0 N–H and O–H groups in total. The standard InChI is InChI=1S/C26H21N3O7/c27-29-28-23-22(36-26(32)19-14-8-3-9-15-19)21(35-25(31)18-12-6-2-7-13-18)20(34-23)16-33-24(30)17-10-4-1-5-11-17/h1-15,20-23H,16H2/t20-,21-,22-,23-/m0/s1. The van der Waals surface area contributed by atoms with E-state index in [4.69, 9.17) is 24.5 Å². The summed E-state index contributed by atoms with van der Waals surface area (Å²) >= 11 is 0. The molecule has 1 fully saturated rings. The Kier molecular flexibility index (Phi) is 7.92. The van der Waals surface area contributed by atoms with Gasteiger partial charge in [0.2, 0.25) is 0 Å². The maximum Gasteiger partial charge on any atom is 0.338 e. The van der Waals surface area contributed by atoms with Crippen molar-refractivity contribution >= 4 is 17.9 Å². The van der Waals surface area contributed by atoms with Gasteiger partial charge in [0.05, 0.1) is 16.7 Å². The summed E-state index contributed by atoms with van der Waals surface area (Å²) in [6.07, 6.45) is -4.92. The Bertz CT molecular complexity index is 1250. The van der Waals surface area contributed by atoms with Gasteiger partial charge in [-0.3, -0.25) is 0 Å². The molecule has 0 amide bonds. The van der Waals surface area contributed by atoms with Gasteiger partial charge in [-0.2, -0.15) is 0 Å². The van der Waals surface area contributed by atoms with Crippen LogP contribution in [0.1, 0.15) is 31.1 Å². The lowest BCUT2D eigenvalue weighted by molar-refractivity contribution is -0.0445. The Hall–Kier alpha value is -4.66. The smallest absolute Gasteiger partial charge is 0.338 e. The van der Waals surface area contributed by atoms with Crippen molar-refractivity contribution in [3.63, 3.8) is 0 Å². The molecule has 0 aliphatic carbocycles. The zero-order valence-electron chi connectivity index (χ0n) is 18.9. The minimum Gasteiger partial charge on any atom is -0.459 e. The van der Waals surface area contributed by atoms with E-state index in [-0.39, 0.29) is 17.7 Å². The molecule has 0 bridgehead atoms. The number of azide groups is 1. The molecule has 0 spiro atoms. The molecule has 4 rings (SSSR count). The maximum absolute atomic E-state index is 12.8. The van der Waals surface area contributed by atoms with E-state index >= 15 is 0 Å². The van der Waals surface area contributed by atoms with E-state index in [9.17, 15) is 14.4 Å². The number of hydrogen-bond acceptors (Lipinski definition) is 8. The van der Waals surface area contributed by atoms with Gasteiger partial charge in [-0.05, 0) is 41.9 Å². The second kappa shape index (κ2) is 11.7. The molecule has 3 aromatic carbocycles. The van der Waals surface area contributed by atoms with Crippen molar-refractivity contribution in [2.75, 3.05) is 6.61 Å². The molecule has 1 aliphatic rings. The van der Waals surface area contributed by atoms with Crippen molar-refractivity contribution in [2.24, 2.45) is 5.11 Å². The van der Waals surface area contributed by atoms with Crippen molar-refractivity contribution in [3.8, 4) is 0 Å². The minimum absolute atomic E-state index is 0.240. The molecule has 3 aromatic rings. The fourth-order valence-corrected chi connectivity index (χ4v) is 3.60. The molecule has 36 heavy (non-hydrogen) atoms. The predicted molar refractivity (Wildman–Crippen MR) is 126 cm³/mol. The van der Waals surface area contributed by atoms with Crippen LogP contribution in [0.25, 0.3) is 10.4 Å². The first-order chi connectivity index (χ1) is 17.6. The number of rotatable bonds is 8. The van der Waals surface area contributed by atoms with Gasteiger partial charge in [0.25, 0.3) is 0 Å². The van der Waals surface area contributed by atoms with Gasteiger partial charge in [0.15, 0.2) is 18.4 Å². The zero-order chi connectivity index (χ0) is 25.3. The van der Waals surface area contributed by atoms with Crippen LogP contribution in [0.15, 0.2) is 96.1 Å². The predicted octanol–water partition coefficient (Wildman–Crippen LogP) is 4.33. The molecular weight excluding hydrogens is 466 g/mol.